The zero-order chi connectivity index (χ0) is 14.6. The van der Waals surface area contributed by atoms with E-state index in [1.54, 1.807) is 12.1 Å². The van der Waals surface area contributed by atoms with Crippen LogP contribution in [-0.4, -0.2) is 17.5 Å². The number of likely N-dealkylation sites (N-methyl/N-ethyl adjacent to an activating group) is 1. The summed E-state index contributed by atoms with van der Waals surface area (Å²) >= 11 is 6.02. The fourth-order valence-corrected chi connectivity index (χ4v) is 2.77. The lowest BCUT2D eigenvalue weighted by Gasteiger charge is -2.25. The van der Waals surface area contributed by atoms with Crippen molar-refractivity contribution in [2.75, 3.05) is 6.54 Å². The number of nitrogens with one attached hydrogen (secondary N) is 1. The lowest BCUT2D eigenvalue weighted by molar-refractivity contribution is -0.384. The monoisotopic (exact) mass is 284 g/mol. The molecule has 4 nitrogen and oxygen atoms in total. The summed E-state index contributed by atoms with van der Waals surface area (Å²) in [5.41, 5.74) is 1.99. The van der Waals surface area contributed by atoms with Gasteiger partial charge in [-0.3, -0.25) is 10.1 Å². The Balaban J connectivity index is 3.18. The number of halogens is 1. The molecule has 0 spiro atoms. The number of nitro benzene ring substituents is 1. The minimum Gasteiger partial charge on any atom is -0.314 e. The maximum atomic E-state index is 10.9. The van der Waals surface area contributed by atoms with Crippen molar-refractivity contribution in [3.05, 3.63) is 38.4 Å². The van der Waals surface area contributed by atoms with Gasteiger partial charge < -0.3 is 5.32 Å². The average Bonchev–Trinajstić information content (AvgIpc) is 2.34. The first-order chi connectivity index (χ1) is 8.92. The van der Waals surface area contributed by atoms with Crippen molar-refractivity contribution in [1.82, 2.24) is 5.32 Å². The van der Waals surface area contributed by atoms with Crippen LogP contribution in [0.1, 0.15) is 44.2 Å². The summed E-state index contributed by atoms with van der Waals surface area (Å²) in [5, 5.41) is 14.5. The van der Waals surface area contributed by atoms with Crippen LogP contribution in [0.25, 0.3) is 0 Å². The smallest absolute Gasteiger partial charge is 0.288 e. The van der Waals surface area contributed by atoms with Crippen molar-refractivity contribution < 1.29 is 4.92 Å². The van der Waals surface area contributed by atoms with Gasteiger partial charge in [-0.15, -0.1) is 0 Å². The highest BCUT2D eigenvalue weighted by Gasteiger charge is 2.22. The van der Waals surface area contributed by atoms with Crippen LogP contribution in [0, 0.1) is 17.0 Å². The molecule has 19 heavy (non-hydrogen) atoms. The van der Waals surface area contributed by atoms with Crippen LogP contribution in [0.3, 0.4) is 0 Å². The second-order valence-electron chi connectivity index (χ2n) is 4.78. The lowest BCUT2D eigenvalue weighted by atomic mass is 9.87. The van der Waals surface area contributed by atoms with Crippen molar-refractivity contribution in [3.63, 3.8) is 0 Å². The van der Waals surface area contributed by atoms with E-state index < -0.39 is 4.92 Å². The molecule has 0 aliphatic carbocycles. The summed E-state index contributed by atoms with van der Waals surface area (Å²) in [6.45, 7) is 9.12. The summed E-state index contributed by atoms with van der Waals surface area (Å²) in [7, 11) is 0. The highest BCUT2D eigenvalue weighted by molar-refractivity contribution is 6.32. The van der Waals surface area contributed by atoms with Gasteiger partial charge in [0, 0.05) is 12.1 Å². The second kappa shape index (κ2) is 6.87. The van der Waals surface area contributed by atoms with Crippen molar-refractivity contribution >= 4 is 17.3 Å². The Hall–Kier alpha value is -1.13. The molecule has 106 valence electrons. The van der Waals surface area contributed by atoms with E-state index in [2.05, 4.69) is 26.1 Å². The van der Waals surface area contributed by atoms with Crippen LogP contribution >= 0.6 is 11.6 Å². The van der Waals surface area contributed by atoms with Crippen LogP contribution in [0.2, 0.25) is 5.02 Å². The first-order valence-corrected chi connectivity index (χ1v) is 6.97. The molecule has 0 aliphatic rings. The molecule has 0 radical (unpaired) electrons. The molecule has 1 rings (SSSR count). The fraction of sp³-hybridized carbons (Fsp3) is 0.571. The van der Waals surface area contributed by atoms with Crippen molar-refractivity contribution in [3.8, 4) is 0 Å². The number of aryl methyl sites for hydroxylation is 1. The zero-order valence-corrected chi connectivity index (χ0v) is 12.6. The number of nitrogens with zero attached hydrogens (tertiary/aromatic N) is 1. The topological polar surface area (TPSA) is 55.2 Å². The van der Waals surface area contributed by atoms with Gasteiger partial charge in [0.05, 0.1) is 4.92 Å². The van der Waals surface area contributed by atoms with Crippen molar-refractivity contribution in [1.29, 1.82) is 0 Å². The molecule has 2 unspecified atom stereocenters. The van der Waals surface area contributed by atoms with E-state index in [-0.39, 0.29) is 10.7 Å². The predicted octanol–water partition coefficient (Wildman–Crippen LogP) is 4.05. The summed E-state index contributed by atoms with van der Waals surface area (Å²) in [6, 6.07) is 3.63. The number of hydrogen-bond acceptors (Lipinski definition) is 3. The lowest BCUT2D eigenvalue weighted by Crippen LogP contribution is -2.32. The number of benzene rings is 1. The maximum absolute atomic E-state index is 10.9. The van der Waals surface area contributed by atoms with Crippen LogP contribution < -0.4 is 5.32 Å². The highest BCUT2D eigenvalue weighted by atomic mass is 35.5. The zero-order valence-electron chi connectivity index (χ0n) is 11.9. The first-order valence-electron chi connectivity index (χ1n) is 6.60. The molecule has 0 bridgehead atoms. The van der Waals surface area contributed by atoms with Crippen LogP contribution in [0.4, 0.5) is 5.69 Å². The molecule has 5 heteroatoms. The molecular weight excluding hydrogens is 264 g/mol. The average molecular weight is 285 g/mol. The van der Waals surface area contributed by atoms with Gasteiger partial charge in [0.2, 0.25) is 0 Å². The third kappa shape index (κ3) is 3.67. The Labute approximate surface area is 119 Å². The van der Waals surface area contributed by atoms with E-state index in [0.717, 1.165) is 24.1 Å². The molecule has 0 amide bonds. The summed E-state index contributed by atoms with van der Waals surface area (Å²) in [5.74, 6) is 0.304. The van der Waals surface area contributed by atoms with Gasteiger partial charge in [-0.2, -0.15) is 0 Å². The molecule has 0 heterocycles. The SMILES string of the molecule is CCNC(C)C(CC)c1cc(Cl)c([N+](=O)[O-])cc1C. The first kappa shape index (κ1) is 15.9. The summed E-state index contributed by atoms with van der Waals surface area (Å²) < 4.78 is 0. The Kier molecular flexibility index (Phi) is 5.76. The molecule has 2 atom stereocenters. The van der Waals surface area contributed by atoms with Gasteiger partial charge >= 0.3 is 0 Å². The normalized spacial score (nSPS) is 14.2. The fourth-order valence-electron chi connectivity index (χ4n) is 2.53. The van der Waals surface area contributed by atoms with Gasteiger partial charge in [-0.05, 0) is 49.9 Å². The number of rotatable bonds is 6. The van der Waals surface area contributed by atoms with E-state index in [4.69, 9.17) is 11.6 Å². The van der Waals surface area contributed by atoms with E-state index in [0.29, 0.717) is 12.0 Å². The van der Waals surface area contributed by atoms with Crippen LogP contribution in [0.15, 0.2) is 12.1 Å². The van der Waals surface area contributed by atoms with Gasteiger partial charge in [0.15, 0.2) is 0 Å². The Morgan fingerprint density at radius 2 is 2.05 bits per heavy atom. The van der Waals surface area contributed by atoms with Gasteiger partial charge in [-0.25, -0.2) is 0 Å². The standard InChI is InChI=1S/C14H21ClN2O2/c1-5-11(10(4)16-6-2)12-8-13(15)14(17(18)19)7-9(12)3/h7-8,10-11,16H,5-6H2,1-4H3. The second-order valence-corrected chi connectivity index (χ2v) is 5.19. The molecule has 1 aromatic rings. The van der Waals surface area contributed by atoms with Gasteiger partial charge in [0.1, 0.15) is 5.02 Å². The third-order valence-corrected chi connectivity index (χ3v) is 3.80. The number of hydrogen-bond donors (Lipinski definition) is 1. The van der Waals surface area contributed by atoms with E-state index in [1.165, 1.54) is 0 Å². The minimum atomic E-state index is -0.437. The van der Waals surface area contributed by atoms with E-state index in [9.17, 15) is 10.1 Å². The van der Waals surface area contributed by atoms with E-state index in [1.807, 2.05) is 6.92 Å². The molecule has 0 saturated heterocycles. The quantitative estimate of drug-likeness (QED) is 0.633. The minimum absolute atomic E-state index is 0.0196. The molecule has 1 N–H and O–H groups in total. The third-order valence-electron chi connectivity index (χ3n) is 3.50. The van der Waals surface area contributed by atoms with Crippen molar-refractivity contribution in [2.24, 2.45) is 0 Å². The summed E-state index contributed by atoms with van der Waals surface area (Å²) in [4.78, 5) is 10.4. The largest absolute Gasteiger partial charge is 0.314 e. The highest BCUT2D eigenvalue weighted by Crippen LogP contribution is 2.34. The van der Waals surface area contributed by atoms with Crippen LogP contribution in [-0.2, 0) is 0 Å². The Morgan fingerprint density at radius 3 is 2.53 bits per heavy atom. The Bertz CT molecular complexity index is 463. The van der Waals surface area contributed by atoms with Crippen molar-refractivity contribution in [2.45, 2.75) is 46.1 Å². The number of nitro groups is 1. The van der Waals surface area contributed by atoms with Crippen LogP contribution in [0.5, 0.6) is 0 Å². The van der Waals surface area contributed by atoms with E-state index >= 15 is 0 Å². The molecule has 0 aromatic heterocycles. The molecular formula is C14H21ClN2O2. The molecule has 1 aromatic carbocycles. The molecule has 0 saturated carbocycles. The van der Waals surface area contributed by atoms with Gasteiger partial charge in [0.25, 0.3) is 5.69 Å². The summed E-state index contributed by atoms with van der Waals surface area (Å²) in [6.07, 6.45) is 0.961. The molecule has 0 aliphatic heterocycles. The predicted molar refractivity (Wildman–Crippen MR) is 79.0 cm³/mol. The molecule has 0 fully saturated rings. The van der Waals surface area contributed by atoms with Gasteiger partial charge in [-0.1, -0.05) is 25.4 Å². The maximum Gasteiger partial charge on any atom is 0.288 e. The Morgan fingerprint density at radius 1 is 1.42 bits per heavy atom.